The summed E-state index contributed by atoms with van der Waals surface area (Å²) in [7, 11) is 0. The third-order valence-corrected chi connectivity index (χ3v) is 3.28. The fourth-order valence-corrected chi connectivity index (χ4v) is 2.25. The van der Waals surface area contributed by atoms with Gasteiger partial charge in [0.15, 0.2) is 0 Å². The molecule has 1 saturated heterocycles. The van der Waals surface area contributed by atoms with Crippen LogP contribution in [0.2, 0.25) is 0 Å². The lowest BCUT2D eigenvalue weighted by Gasteiger charge is -2.30. The Balaban J connectivity index is 2.33. The molecule has 0 aromatic rings. The molecule has 1 aliphatic heterocycles. The summed E-state index contributed by atoms with van der Waals surface area (Å²) in [4.78, 5) is 2.30. The van der Waals surface area contributed by atoms with Gasteiger partial charge >= 0.3 is 0 Å². The van der Waals surface area contributed by atoms with Gasteiger partial charge in [0.2, 0.25) is 0 Å². The summed E-state index contributed by atoms with van der Waals surface area (Å²) in [6.07, 6.45) is 2.17. The summed E-state index contributed by atoms with van der Waals surface area (Å²) in [6, 6.07) is 0. The first-order valence-corrected chi connectivity index (χ1v) is 5.39. The van der Waals surface area contributed by atoms with E-state index in [0.29, 0.717) is 0 Å². The molecule has 4 heteroatoms. The van der Waals surface area contributed by atoms with Crippen LogP contribution in [-0.4, -0.2) is 34.3 Å². The second-order valence-corrected chi connectivity index (χ2v) is 4.31. The molecule has 0 aromatic heterocycles. The molecule has 0 aliphatic carbocycles. The van der Waals surface area contributed by atoms with Crippen LogP contribution in [0.1, 0.15) is 19.8 Å². The second-order valence-electron chi connectivity index (χ2n) is 2.99. The molecule has 0 aromatic carbocycles. The van der Waals surface area contributed by atoms with E-state index in [0.717, 1.165) is 32.5 Å². The van der Waals surface area contributed by atoms with Crippen molar-refractivity contribution in [3.05, 3.63) is 0 Å². The van der Waals surface area contributed by atoms with Gasteiger partial charge in [0.25, 0.3) is 0 Å². The van der Waals surface area contributed by atoms with Crippen LogP contribution in [0.3, 0.4) is 0 Å². The van der Waals surface area contributed by atoms with E-state index in [-0.39, 0.29) is 5.25 Å². The first kappa shape index (κ1) is 9.32. The summed E-state index contributed by atoms with van der Waals surface area (Å²) < 4.78 is 10.9. The molecule has 11 heavy (non-hydrogen) atoms. The lowest BCUT2D eigenvalue weighted by atomic mass is 10.1. The van der Waals surface area contributed by atoms with Crippen molar-refractivity contribution in [3.8, 4) is 0 Å². The lowest BCUT2D eigenvalue weighted by Crippen LogP contribution is -2.44. The SMILES string of the molecule is CCN1CCCC([S+](N)[O-])C1. The van der Waals surface area contributed by atoms with Crippen LogP contribution in [0.25, 0.3) is 0 Å². The minimum Gasteiger partial charge on any atom is -0.598 e. The normalized spacial score (nSPS) is 30.3. The Hall–Kier alpha value is 0.230. The molecule has 1 aliphatic rings. The largest absolute Gasteiger partial charge is 0.598 e. The highest BCUT2D eigenvalue weighted by atomic mass is 32.2. The van der Waals surface area contributed by atoms with Crippen LogP contribution in [-0.2, 0) is 11.4 Å². The maximum atomic E-state index is 10.9. The number of hydrogen-bond donors (Lipinski definition) is 1. The van der Waals surface area contributed by atoms with Gasteiger partial charge in [-0.25, -0.2) is 0 Å². The molecule has 0 amide bonds. The topological polar surface area (TPSA) is 52.3 Å². The zero-order chi connectivity index (χ0) is 8.27. The molecule has 2 N–H and O–H groups in total. The van der Waals surface area contributed by atoms with Gasteiger partial charge in [-0.05, 0) is 25.9 Å². The van der Waals surface area contributed by atoms with E-state index in [1.54, 1.807) is 0 Å². The van der Waals surface area contributed by atoms with E-state index in [4.69, 9.17) is 5.14 Å². The van der Waals surface area contributed by atoms with Crippen molar-refractivity contribution in [2.75, 3.05) is 19.6 Å². The van der Waals surface area contributed by atoms with Gasteiger partial charge in [-0.2, -0.15) is 5.14 Å². The lowest BCUT2D eigenvalue weighted by molar-refractivity contribution is 0.241. The number of likely N-dealkylation sites (tertiary alicyclic amines) is 1. The van der Waals surface area contributed by atoms with Crippen molar-refractivity contribution in [2.45, 2.75) is 25.0 Å². The van der Waals surface area contributed by atoms with Gasteiger partial charge < -0.3 is 4.55 Å². The molecule has 0 radical (unpaired) electrons. The standard InChI is InChI=1S/C7H16N2OS/c1-2-9-5-3-4-7(6-9)11(8)10/h7H,2-6,8H2,1H3. The van der Waals surface area contributed by atoms with Crippen molar-refractivity contribution in [3.63, 3.8) is 0 Å². The number of nitrogens with zero attached hydrogens (tertiary/aromatic N) is 1. The second kappa shape index (κ2) is 4.30. The molecule has 1 rings (SSSR count). The number of hydrogen-bond acceptors (Lipinski definition) is 3. The monoisotopic (exact) mass is 176 g/mol. The van der Waals surface area contributed by atoms with E-state index in [9.17, 15) is 4.55 Å². The molecular formula is C7H16N2OS. The molecule has 3 nitrogen and oxygen atoms in total. The smallest absolute Gasteiger partial charge is 0.147 e. The van der Waals surface area contributed by atoms with Crippen LogP contribution in [0.15, 0.2) is 0 Å². The molecule has 1 fully saturated rings. The summed E-state index contributed by atoms with van der Waals surface area (Å²) in [5.41, 5.74) is 0. The summed E-state index contributed by atoms with van der Waals surface area (Å²) in [6.45, 7) is 5.24. The number of piperidine rings is 1. The first-order valence-electron chi connectivity index (χ1n) is 4.11. The Morgan fingerprint density at radius 2 is 2.45 bits per heavy atom. The zero-order valence-electron chi connectivity index (χ0n) is 6.95. The van der Waals surface area contributed by atoms with Gasteiger partial charge in [-0.15, -0.1) is 0 Å². The summed E-state index contributed by atoms with van der Waals surface area (Å²) in [5, 5.41) is 5.54. The quantitative estimate of drug-likeness (QED) is 0.607. The molecular weight excluding hydrogens is 160 g/mol. The van der Waals surface area contributed by atoms with E-state index < -0.39 is 11.4 Å². The van der Waals surface area contributed by atoms with E-state index in [2.05, 4.69) is 11.8 Å². The van der Waals surface area contributed by atoms with Crippen molar-refractivity contribution in [1.82, 2.24) is 4.90 Å². The van der Waals surface area contributed by atoms with Crippen LogP contribution in [0, 0.1) is 0 Å². The molecule has 2 atom stereocenters. The third-order valence-electron chi connectivity index (χ3n) is 2.24. The highest BCUT2D eigenvalue weighted by Crippen LogP contribution is 2.14. The summed E-state index contributed by atoms with van der Waals surface area (Å²) in [5.74, 6) is 0. The van der Waals surface area contributed by atoms with Crippen molar-refractivity contribution in [2.24, 2.45) is 5.14 Å². The first-order chi connectivity index (χ1) is 5.24. The van der Waals surface area contributed by atoms with Crippen molar-refractivity contribution in [1.29, 1.82) is 0 Å². The molecule has 0 spiro atoms. The Bertz CT molecular complexity index is 121. The average molecular weight is 176 g/mol. The van der Waals surface area contributed by atoms with Gasteiger partial charge in [0, 0.05) is 17.9 Å². The molecule has 0 bridgehead atoms. The minimum atomic E-state index is -1.12. The molecule has 66 valence electrons. The van der Waals surface area contributed by atoms with Crippen molar-refractivity contribution >= 4 is 11.4 Å². The van der Waals surface area contributed by atoms with Crippen LogP contribution >= 0.6 is 0 Å². The van der Waals surface area contributed by atoms with Crippen LogP contribution < -0.4 is 5.14 Å². The molecule has 1 heterocycles. The maximum Gasteiger partial charge on any atom is 0.147 e. The Morgan fingerprint density at radius 1 is 1.73 bits per heavy atom. The van der Waals surface area contributed by atoms with Gasteiger partial charge in [-0.3, -0.25) is 4.90 Å². The predicted octanol–water partition coefficient (Wildman–Crippen LogP) is 0.0931. The van der Waals surface area contributed by atoms with Crippen molar-refractivity contribution < 1.29 is 4.55 Å². The van der Waals surface area contributed by atoms with Gasteiger partial charge in [0.05, 0.1) is 0 Å². The number of rotatable bonds is 2. The fourth-order valence-electron chi connectivity index (χ4n) is 1.49. The fraction of sp³-hybridized carbons (Fsp3) is 1.00. The van der Waals surface area contributed by atoms with Gasteiger partial charge in [-0.1, -0.05) is 6.92 Å². The van der Waals surface area contributed by atoms with E-state index in [1.165, 1.54) is 0 Å². The average Bonchev–Trinajstić information content (AvgIpc) is 2.05. The molecule has 0 saturated carbocycles. The van der Waals surface area contributed by atoms with Crippen LogP contribution in [0.5, 0.6) is 0 Å². The Labute approximate surface area is 71.3 Å². The number of nitrogens with two attached hydrogens (primary N) is 1. The predicted molar refractivity (Wildman–Crippen MR) is 47.5 cm³/mol. The van der Waals surface area contributed by atoms with E-state index >= 15 is 0 Å². The maximum absolute atomic E-state index is 10.9. The Morgan fingerprint density at radius 3 is 3.00 bits per heavy atom. The summed E-state index contributed by atoms with van der Waals surface area (Å²) >= 11 is -1.12. The minimum absolute atomic E-state index is 0.212. The van der Waals surface area contributed by atoms with Crippen LogP contribution in [0.4, 0.5) is 0 Å². The highest BCUT2D eigenvalue weighted by molar-refractivity contribution is 7.89. The van der Waals surface area contributed by atoms with Gasteiger partial charge in [0.1, 0.15) is 5.25 Å². The zero-order valence-corrected chi connectivity index (χ0v) is 7.77. The van der Waals surface area contributed by atoms with E-state index in [1.807, 2.05) is 0 Å². The Kier molecular flexibility index (Phi) is 3.65. The third kappa shape index (κ3) is 2.63. The molecule has 2 unspecified atom stereocenters. The highest BCUT2D eigenvalue weighted by Gasteiger charge is 2.26.